The fourth-order valence-electron chi connectivity index (χ4n) is 2.81. The number of hydrogen-bond acceptors (Lipinski definition) is 3. The Morgan fingerprint density at radius 3 is 3.21 bits per heavy atom. The van der Waals surface area contributed by atoms with Crippen molar-refractivity contribution in [2.75, 3.05) is 13.1 Å². The van der Waals surface area contributed by atoms with Gasteiger partial charge in [-0.3, -0.25) is 9.20 Å². The number of rotatable bonds is 2. The summed E-state index contributed by atoms with van der Waals surface area (Å²) in [6.45, 7) is 4.14. The highest BCUT2D eigenvalue weighted by molar-refractivity contribution is 5.46. The molecule has 4 nitrogen and oxygen atoms in total. The minimum Gasteiger partial charge on any atom is -0.316 e. The molecule has 1 atom stereocenters. The lowest BCUT2D eigenvalue weighted by atomic mass is 9.94. The number of aryl methyl sites for hydroxylation is 1. The minimum atomic E-state index is 0.0208. The van der Waals surface area contributed by atoms with Crippen molar-refractivity contribution in [3.8, 4) is 0 Å². The van der Waals surface area contributed by atoms with Crippen LogP contribution in [0, 0.1) is 12.8 Å². The SMILES string of the molecule is Cc1cccn2c(=O)cc(CC3CCCNC3)nc12. The van der Waals surface area contributed by atoms with Crippen LogP contribution < -0.4 is 10.9 Å². The molecule has 4 heteroatoms. The van der Waals surface area contributed by atoms with E-state index < -0.39 is 0 Å². The second-order valence-corrected chi connectivity index (χ2v) is 5.39. The second-order valence-electron chi connectivity index (χ2n) is 5.39. The van der Waals surface area contributed by atoms with E-state index in [1.807, 2.05) is 19.1 Å². The maximum atomic E-state index is 12.1. The van der Waals surface area contributed by atoms with Crippen LogP contribution in [0.25, 0.3) is 5.65 Å². The van der Waals surface area contributed by atoms with Crippen LogP contribution in [-0.2, 0) is 6.42 Å². The van der Waals surface area contributed by atoms with Crippen molar-refractivity contribution in [2.24, 2.45) is 5.92 Å². The van der Waals surface area contributed by atoms with E-state index in [0.29, 0.717) is 5.92 Å². The molecular weight excluding hydrogens is 238 g/mol. The lowest BCUT2D eigenvalue weighted by Crippen LogP contribution is -2.31. The van der Waals surface area contributed by atoms with Crippen molar-refractivity contribution in [2.45, 2.75) is 26.2 Å². The molecule has 100 valence electrons. The van der Waals surface area contributed by atoms with Crippen LogP contribution >= 0.6 is 0 Å². The van der Waals surface area contributed by atoms with Crippen LogP contribution in [0.3, 0.4) is 0 Å². The number of aromatic nitrogens is 2. The zero-order valence-electron chi connectivity index (χ0n) is 11.2. The Bertz CT molecular complexity index is 641. The van der Waals surface area contributed by atoms with Crippen molar-refractivity contribution in [1.82, 2.24) is 14.7 Å². The van der Waals surface area contributed by atoms with Gasteiger partial charge in [-0.15, -0.1) is 0 Å². The number of pyridine rings is 1. The van der Waals surface area contributed by atoms with Crippen molar-refractivity contribution in [1.29, 1.82) is 0 Å². The number of fused-ring (bicyclic) bond motifs is 1. The predicted molar refractivity (Wildman–Crippen MR) is 75.5 cm³/mol. The molecule has 1 unspecified atom stereocenters. The third-order valence-corrected chi connectivity index (χ3v) is 3.84. The monoisotopic (exact) mass is 257 g/mol. The summed E-state index contributed by atoms with van der Waals surface area (Å²) in [5.41, 5.74) is 2.78. The number of nitrogens with one attached hydrogen (secondary N) is 1. The van der Waals surface area contributed by atoms with Gasteiger partial charge < -0.3 is 5.32 Å². The van der Waals surface area contributed by atoms with E-state index in [1.54, 1.807) is 16.7 Å². The summed E-state index contributed by atoms with van der Waals surface area (Å²) in [4.78, 5) is 16.8. The Hall–Kier alpha value is -1.68. The summed E-state index contributed by atoms with van der Waals surface area (Å²) >= 11 is 0. The molecule has 2 aromatic heterocycles. The average Bonchev–Trinajstić information content (AvgIpc) is 2.41. The van der Waals surface area contributed by atoms with Gasteiger partial charge in [0.2, 0.25) is 0 Å². The normalized spacial score (nSPS) is 19.7. The third-order valence-electron chi connectivity index (χ3n) is 3.84. The maximum absolute atomic E-state index is 12.1. The fourth-order valence-corrected chi connectivity index (χ4v) is 2.81. The molecule has 1 aliphatic heterocycles. The van der Waals surface area contributed by atoms with Gasteiger partial charge >= 0.3 is 0 Å². The Morgan fingerprint density at radius 1 is 1.53 bits per heavy atom. The minimum absolute atomic E-state index is 0.0208. The highest BCUT2D eigenvalue weighted by atomic mass is 16.1. The molecule has 3 rings (SSSR count). The third kappa shape index (κ3) is 2.54. The van der Waals surface area contributed by atoms with E-state index in [-0.39, 0.29) is 5.56 Å². The molecule has 0 radical (unpaired) electrons. The van der Waals surface area contributed by atoms with Crippen molar-refractivity contribution in [3.63, 3.8) is 0 Å². The molecule has 1 fully saturated rings. The van der Waals surface area contributed by atoms with Crippen LogP contribution in [0.2, 0.25) is 0 Å². The van der Waals surface area contributed by atoms with Gasteiger partial charge in [0.05, 0.1) is 0 Å². The molecule has 3 heterocycles. The predicted octanol–water partition coefficient (Wildman–Crippen LogP) is 1.55. The second kappa shape index (κ2) is 5.13. The molecule has 1 N–H and O–H groups in total. The Balaban J connectivity index is 1.96. The van der Waals surface area contributed by atoms with Gasteiger partial charge in [0.25, 0.3) is 5.56 Å². The highest BCUT2D eigenvalue weighted by Crippen LogP contribution is 2.15. The van der Waals surface area contributed by atoms with Crippen LogP contribution in [-0.4, -0.2) is 22.5 Å². The molecule has 1 aliphatic rings. The van der Waals surface area contributed by atoms with Crippen LogP contribution in [0.5, 0.6) is 0 Å². The van der Waals surface area contributed by atoms with Gasteiger partial charge in [-0.1, -0.05) is 6.07 Å². The largest absolute Gasteiger partial charge is 0.316 e. The Labute approximate surface area is 112 Å². The molecule has 0 amide bonds. The van der Waals surface area contributed by atoms with Crippen LogP contribution in [0.1, 0.15) is 24.1 Å². The maximum Gasteiger partial charge on any atom is 0.258 e. The summed E-state index contributed by atoms with van der Waals surface area (Å²) in [5.74, 6) is 0.604. The number of hydrogen-bond donors (Lipinski definition) is 1. The summed E-state index contributed by atoms with van der Waals surface area (Å²) < 4.78 is 1.62. The molecule has 2 aromatic rings. The van der Waals surface area contributed by atoms with Gasteiger partial charge in [-0.25, -0.2) is 4.98 Å². The standard InChI is InChI=1S/C15H19N3O/c1-11-4-3-7-18-14(19)9-13(17-15(11)18)8-12-5-2-6-16-10-12/h3-4,7,9,12,16H,2,5-6,8,10H2,1H3. The van der Waals surface area contributed by atoms with Gasteiger partial charge in [0, 0.05) is 18.0 Å². The first kappa shape index (κ1) is 12.4. The van der Waals surface area contributed by atoms with E-state index >= 15 is 0 Å². The zero-order chi connectivity index (χ0) is 13.2. The molecule has 19 heavy (non-hydrogen) atoms. The molecule has 0 bridgehead atoms. The van der Waals surface area contributed by atoms with Crippen molar-refractivity contribution < 1.29 is 0 Å². The lowest BCUT2D eigenvalue weighted by Gasteiger charge is -2.22. The summed E-state index contributed by atoms with van der Waals surface area (Å²) in [5, 5.41) is 3.41. The zero-order valence-corrected chi connectivity index (χ0v) is 11.2. The van der Waals surface area contributed by atoms with Gasteiger partial charge in [-0.2, -0.15) is 0 Å². The number of nitrogens with zero attached hydrogens (tertiary/aromatic N) is 2. The first-order valence-electron chi connectivity index (χ1n) is 6.92. The summed E-state index contributed by atoms with van der Waals surface area (Å²) in [7, 11) is 0. The van der Waals surface area contributed by atoms with Crippen molar-refractivity contribution >= 4 is 5.65 Å². The first-order chi connectivity index (χ1) is 9.24. The van der Waals surface area contributed by atoms with Crippen molar-refractivity contribution in [3.05, 3.63) is 46.0 Å². The van der Waals surface area contributed by atoms with E-state index in [2.05, 4.69) is 10.3 Å². The van der Waals surface area contributed by atoms with E-state index in [4.69, 9.17) is 0 Å². The lowest BCUT2D eigenvalue weighted by molar-refractivity contribution is 0.373. The summed E-state index contributed by atoms with van der Waals surface area (Å²) in [6, 6.07) is 5.56. The Morgan fingerprint density at radius 2 is 2.42 bits per heavy atom. The van der Waals surface area contributed by atoms with E-state index in [0.717, 1.165) is 36.4 Å². The first-order valence-corrected chi connectivity index (χ1v) is 6.92. The molecule has 1 saturated heterocycles. The molecule has 0 aromatic carbocycles. The quantitative estimate of drug-likeness (QED) is 0.888. The summed E-state index contributed by atoms with van der Waals surface area (Å²) in [6.07, 6.45) is 5.12. The van der Waals surface area contributed by atoms with Crippen LogP contribution in [0.15, 0.2) is 29.2 Å². The molecule has 0 spiro atoms. The van der Waals surface area contributed by atoms with E-state index in [9.17, 15) is 4.79 Å². The molecular formula is C15H19N3O. The van der Waals surface area contributed by atoms with Crippen LogP contribution in [0.4, 0.5) is 0 Å². The highest BCUT2D eigenvalue weighted by Gasteiger charge is 2.15. The van der Waals surface area contributed by atoms with Gasteiger partial charge in [0.1, 0.15) is 5.65 Å². The fraction of sp³-hybridized carbons (Fsp3) is 0.467. The topological polar surface area (TPSA) is 46.4 Å². The smallest absolute Gasteiger partial charge is 0.258 e. The van der Waals surface area contributed by atoms with Gasteiger partial charge in [0.15, 0.2) is 0 Å². The van der Waals surface area contributed by atoms with Gasteiger partial charge in [-0.05, 0) is 56.8 Å². The van der Waals surface area contributed by atoms with E-state index in [1.165, 1.54) is 12.8 Å². The average molecular weight is 257 g/mol. The Kier molecular flexibility index (Phi) is 3.34. The number of piperidine rings is 1. The molecule has 0 aliphatic carbocycles. The molecule has 0 saturated carbocycles.